The Morgan fingerprint density at radius 1 is 1.17 bits per heavy atom. The van der Waals surface area contributed by atoms with Crippen molar-refractivity contribution in [2.75, 3.05) is 19.6 Å². The van der Waals surface area contributed by atoms with Crippen LogP contribution in [0.25, 0.3) is 5.65 Å². The first-order chi connectivity index (χ1) is 10.7. The van der Waals surface area contributed by atoms with Gasteiger partial charge in [0.15, 0.2) is 17.4 Å². The fourth-order valence-electron chi connectivity index (χ4n) is 1.91. The maximum Gasteiger partial charge on any atom is 0.239 e. The highest BCUT2D eigenvalue weighted by Gasteiger charge is 2.05. The Morgan fingerprint density at radius 3 is 2.70 bits per heavy atom. The number of aliphatic imine (C=N–C) groups is 1. The van der Waals surface area contributed by atoms with Crippen molar-refractivity contribution in [1.82, 2.24) is 30.5 Å². The van der Waals surface area contributed by atoms with E-state index in [4.69, 9.17) is 0 Å². The minimum absolute atomic E-state index is 0. The number of carbonyl (C=O) groups is 1. The number of likely N-dealkylation sites (N-methyl/N-ethyl adjacent to an activating group) is 1. The third kappa shape index (κ3) is 5.66. The van der Waals surface area contributed by atoms with Gasteiger partial charge in [0.05, 0.1) is 6.54 Å². The van der Waals surface area contributed by atoms with Crippen LogP contribution < -0.4 is 16.0 Å². The van der Waals surface area contributed by atoms with E-state index in [0.29, 0.717) is 25.6 Å². The molecule has 0 radical (unpaired) electrons. The second-order valence-electron chi connectivity index (χ2n) is 4.55. The molecule has 0 spiro atoms. The summed E-state index contributed by atoms with van der Waals surface area (Å²) in [5.41, 5.74) is 0.785. The van der Waals surface area contributed by atoms with Crippen molar-refractivity contribution in [1.29, 1.82) is 0 Å². The molecular formula is C14H22IN7O. The fraction of sp³-hybridized carbons (Fsp3) is 0.429. The van der Waals surface area contributed by atoms with Crippen LogP contribution in [0.15, 0.2) is 29.4 Å². The largest absolute Gasteiger partial charge is 0.357 e. The maximum absolute atomic E-state index is 11.5. The summed E-state index contributed by atoms with van der Waals surface area (Å²) in [5.74, 6) is 1.24. The van der Waals surface area contributed by atoms with Gasteiger partial charge in [-0.15, -0.1) is 34.2 Å². The van der Waals surface area contributed by atoms with Gasteiger partial charge in [0.25, 0.3) is 0 Å². The molecule has 0 unspecified atom stereocenters. The van der Waals surface area contributed by atoms with E-state index in [2.05, 4.69) is 31.1 Å². The van der Waals surface area contributed by atoms with Crippen molar-refractivity contribution in [2.45, 2.75) is 20.4 Å². The van der Waals surface area contributed by atoms with Gasteiger partial charge in [-0.2, -0.15) is 0 Å². The number of amides is 1. The minimum atomic E-state index is -0.0685. The van der Waals surface area contributed by atoms with Crippen molar-refractivity contribution in [2.24, 2.45) is 4.99 Å². The van der Waals surface area contributed by atoms with Crippen LogP contribution >= 0.6 is 24.0 Å². The van der Waals surface area contributed by atoms with Gasteiger partial charge in [0, 0.05) is 19.3 Å². The van der Waals surface area contributed by atoms with E-state index < -0.39 is 0 Å². The van der Waals surface area contributed by atoms with Gasteiger partial charge in [-0.05, 0) is 26.0 Å². The Morgan fingerprint density at radius 2 is 1.96 bits per heavy atom. The summed E-state index contributed by atoms with van der Waals surface area (Å²) in [6.07, 6.45) is 1.90. The molecule has 2 heterocycles. The summed E-state index contributed by atoms with van der Waals surface area (Å²) in [4.78, 5) is 15.9. The maximum atomic E-state index is 11.5. The molecule has 0 bridgehead atoms. The first kappa shape index (κ1) is 19.1. The molecule has 0 saturated heterocycles. The van der Waals surface area contributed by atoms with Gasteiger partial charge in [0.2, 0.25) is 5.91 Å². The molecule has 1 amide bonds. The zero-order valence-corrected chi connectivity index (χ0v) is 15.6. The monoisotopic (exact) mass is 431 g/mol. The van der Waals surface area contributed by atoms with E-state index in [0.717, 1.165) is 11.5 Å². The predicted molar refractivity (Wildman–Crippen MR) is 99.9 cm³/mol. The van der Waals surface area contributed by atoms with Gasteiger partial charge in [-0.25, -0.2) is 4.99 Å². The summed E-state index contributed by atoms with van der Waals surface area (Å²) in [6.45, 7) is 5.72. The number of pyridine rings is 1. The fourth-order valence-corrected chi connectivity index (χ4v) is 1.91. The Balaban J connectivity index is 0.00000264. The second kappa shape index (κ2) is 9.98. The lowest BCUT2D eigenvalue weighted by atomic mass is 10.4. The number of hydrogen-bond acceptors (Lipinski definition) is 4. The predicted octanol–water partition coefficient (Wildman–Crippen LogP) is 0.538. The number of nitrogens with zero attached hydrogens (tertiary/aromatic N) is 4. The number of fused-ring (bicyclic) bond motifs is 1. The summed E-state index contributed by atoms with van der Waals surface area (Å²) >= 11 is 0. The molecule has 0 saturated carbocycles. The van der Waals surface area contributed by atoms with Crippen molar-refractivity contribution in [3.05, 3.63) is 30.2 Å². The number of nitrogens with one attached hydrogen (secondary N) is 3. The number of hydrogen-bond donors (Lipinski definition) is 3. The lowest BCUT2D eigenvalue weighted by Crippen LogP contribution is -2.43. The smallest absolute Gasteiger partial charge is 0.239 e. The van der Waals surface area contributed by atoms with E-state index in [1.165, 1.54) is 0 Å². The topological polar surface area (TPSA) is 95.7 Å². The standard InChI is InChI=1S/C14H21N7O.HI/c1-3-15-13(22)10-18-14(16-4-2)17-9-12-20-19-11-7-5-6-8-21(11)12;/h5-8H,3-4,9-10H2,1-2H3,(H,15,22)(H2,16,17,18);1H. The zero-order chi connectivity index (χ0) is 15.8. The first-order valence-electron chi connectivity index (χ1n) is 7.32. The molecule has 126 valence electrons. The highest BCUT2D eigenvalue weighted by molar-refractivity contribution is 14.0. The molecule has 2 rings (SSSR count). The van der Waals surface area contributed by atoms with Gasteiger partial charge >= 0.3 is 0 Å². The molecular weight excluding hydrogens is 409 g/mol. The molecule has 2 aromatic heterocycles. The molecule has 23 heavy (non-hydrogen) atoms. The average Bonchev–Trinajstić information content (AvgIpc) is 2.94. The van der Waals surface area contributed by atoms with Gasteiger partial charge < -0.3 is 16.0 Å². The van der Waals surface area contributed by atoms with Crippen molar-refractivity contribution in [3.63, 3.8) is 0 Å². The minimum Gasteiger partial charge on any atom is -0.357 e. The molecule has 0 aliphatic rings. The van der Waals surface area contributed by atoms with Crippen LogP contribution in [0.5, 0.6) is 0 Å². The summed E-state index contributed by atoms with van der Waals surface area (Å²) < 4.78 is 1.89. The third-order valence-electron chi connectivity index (χ3n) is 2.90. The van der Waals surface area contributed by atoms with Gasteiger partial charge in [-0.1, -0.05) is 6.07 Å². The molecule has 9 heteroatoms. The number of rotatable bonds is 6. The van der Waals surface area contributed by atoms with E-state index in [-0.39, 0.29) is 36.4 Å². The number of carbonyl (C=O) groups excluding carboxylic acids is 1. The second-order valence-corrected chi connectivity index (χ2v) is 4.55. The summed E-state index contributed by atoms with van der Waals surface area (Å²) in [7, 11) is 0. The molecule has 0 fully saturated rings. The van der Waals surface area contributed by atoms with Crippen molar-refractivity contribution >= 4 is 41.5 Å². The lowest BCUT2D eigenvalue weighted by molar-refractivity contribution is -0.119. The average molecular weight is 431 g/mol. The van der Waals surface area contributed by atoms with Crippen LogP contribution in [0.4, 0.5) is 0 Å². The number of aromatic nitrogens is 3. The van der Waals surface area contributed by atoms with E-state index >= 15 is 0 Å². The highest BCUT2D eigenvalue weighted by Crippen LogP contribution is 2.03. The van der Waals surface area contributed by atoms with Crippen LogP contribution in [-0.4, -0.2) is 46.1 Å². The van der Waals surface area contributed by atoms with E-state index in [1.807, 2.05) is 42.6 Å². The Labute approximate surface area is 152 Å². The molecule has 2 aromatic rings. The SMILES string of the molecule is CCNC(=O)CNC(=NCc1nnc2ccccn12)NCC.I. The van der Waals surface area contributed by atoms with Crippen molar-refractivity contribution in [3.8, 4) is 0 Å². The van der Waals surface area contributed by atoms with Crippen molar-refractivity contribution < 1.29 is 4.79 Å². The van der Waals surface area contributed by atoms with Crippen LogP contribution in [-0.2, 0) is 11.3 Å². The van der Waals surface area contributed by atoms with Gasteiger partial charge in [-0.3, -0.25) is 9.20 Å². The molecule has 0 aromatic carbocycles. The zero-order valence-electron chi connectivity index (χ0n) is 13.2. The first-order valence-corrected chi connectivity index (χ1v) is 7.32. The normalized spacial score (nSPS) is 11.0. The molecule has 0 atom stereocenters. The highest BCUT2D eigenvalue weighted by atomic mass is 127. The molecule has 8 nitrogen and oxygen atoms in total. The number of guanidine groups is 1. The van der Waals surface area contributed by atoms with Crippen LogP contribution in [0.1, 0.15) is 19.7 Å². The molecule has 3 N–H and O–H groups in total. The van der Waals surface area contributed by atoms with Crippen LogP contribution in [0, 0.1) is 0 Å². The van der Waals surface area contributed by atoms with E-state index in [9.17, 15) is 4.79 Å². The molecule has 0 aliphatic heterocycles. The number of halogens is 1. The Kier molecular flexibility index (Phi) is 8.30. The Bertz CT molecular complexity index is 655. The molecule has 0 aliphatic carbocycles. The quantitative estimate of drug-likeness (QED) is 0.353. The van der Waals surface area contributed by atoms with E-state index in [1.54, 1.807) is 0 Å². The van der Waals surface area contributed by atoms with Crippen LogP contribution in [0.3, 0.4) is 0 Å². The Hall–Kier alpha value is -1.91. The lowest BCUT2D eigenvalue weighted by Gasteiger charge is -2.10. The summed E-state index contributed by atoms with van der Waals surface area (Å²) in [6, 6.07) is 5.72. The van der Waals surface area contributed by atoms with Crippen LogP contribution in [0.2, 0.25) is 0 Å². The third-order valence-corrected chi connectivity index (χ3v) is 2.90. The van der Waals surface area contributed by atoms with Gasteiger partial charge in [0.1, 0.15) is 6.54 Å². The summed E-state index contributed by atoms with van der Waals surface area (Å²) in [5, 5.41) is 17.0.